The monoisotopic (exact) mass is 492 g/mol. The predicted molar refractivity (Wildman–Crippen MR) is 120 cm³/mol. The van der Waals surface area contributed by atoms with Crippen molar-refractivity contribution >= 4 is 39.8 Å². The van der Waals surface area contributed by atoms with Gasteiger partial charge in [-0.1, -0.05) is 25.4 Å². The molecule has 1 atom stereocenters. The molecule has 1 aromatic carbocycles. The van der Waals surface area contributed by atoms with Crippen LogP contribution in [0.1, 0.15) is 20.3 Å². The van der Waals surface area contributed by atoms with Gasteiger partial charge in [-0.25, -0.2) is 14.8 Å². The third-order valence-electron chi connectivity index (χ3n) is 5.58. The van der Waals surface area contributed by atoms with Gasteiger partial charge in [0.2, 0.25) is 0 Å². The average molecular weight is 493 g/mol. The molecular weight excluding hydrogens is 473 g/mol. The summed E-state index contributed by atoms with van der Waals surface area (Å²) in [7, 11) is 0. The van der Waals surface area contributed by atoms with Crippen molar-refractivity contribution in [2.45, 2.75) is 26.4 Å². The van der Waals surface area contributed by atoms with Gasteiger partial charge in [0.05, 0.1) is 23.4 Å². The van der Waals surface area contributed by atoms with Crippen molar-refractivity contribution in [1.29, 1.82) is 5.26 Å². The lowest BCUT2D eigenvalue weighted by molar-refractivity contribution is -0.192. The Hall–Kier alpha value is -3.58. The van der Waals surface area contributed by atoms with Crippen LogP contribution >= 0.6 is 11.6 Å². The van der Waals surface area contributed by atoms with Crippen LogP contribution in [0.4, 0.5) is 24.7 Å². The summed E-state index contributed by atoms with van der Waals surface area (Å²) in [6.07, 6.45) is -0.797. The molecule has 34 heavy (non-hydrogen) atoms. The molecule has 2 N–H and O–H groups in total. The van der Waals surface area contributed by atoms with Crippen LogP contribution in [0.2, 0.25) is 5.15 Å². The summed E-state index contributed by atoms with van der Waals surface area (Å²) in [5.74, 6) is -1.27. The first-order valence-electron chi connectivity index (χ1n) is 9.98. The molecular formula is C23H20ClF3N4O3. The molecule has 3 aromatic rings. The topological polar surface area (TPSA) is 108 Å². The Kier molecular flexibility index (Phi) is 6.89. The maximum Gasteiger partial charge on any atom is 0.490 e. The number of halogens is 4. The Morgan fingerprint density at radius 2 is 1.94 bits per heavy atom. The van der Waals surface area contributed by atoms with Crippen molar-refractivity contribution in [3.63, 3.8) is 0 Å². The molecule has 0 saturated heterocycles. The fraction of sp³-hybridized carbons (Fsp3) is 0.304. The fourth-order valence-electron chi connectivity index (χ4n) is 3.32. The third-order valence-corrected chi connectivity index (χ3v) is 5.81. The largest absolute Gasteiger partial charge is 0.492 e. The fourth-order valence-corrected chi connectivity index (χ4v) is 3.43. The molecule has 1 saturated carbocycles. The number of nitrogens with one attached hydrogen (secondary N) is 1. The van der Waals surface area contributed by atoms with Crippen molar-refractivity contribution in [2.24, 2.45) is 10.8 Å². The van der Waals surface area contributed by atoms with E-state index in [1.807, 2.05) is 30.3 Å². The highest BCUT2D eigenvalue weighted by Crippen LogP contribution is 2.63. The van der Waals surface area contributed by atoms with E-state index >= 15 is 0 Å². The molecule has 0 radical (unpaired) electrons. The van der Waals surface area contributed by atoms with E-state index in [1.165, 1.54) is 0 Å². The summed E-state index contributed by atoms with van der Waals surface area (Å²) in [6.45, 7) is 4.62. The number of anilines is 2. The van der Waals surface area contributed by atoms with Crippen LogP contribution in [0, 0.1) is 22.2 Å². The molecule has 4 rings (SSSR count). The van der Waals surface area contributed by atoms with E-state index < -0.39 is 12.1 Å². The molecule has 11 heteroatoms. The Morgan fingerprint density at radius 1 is 1.26 bits per heavy atom. The number of pyridine rings is 2. The summed E-state index contributed by atoms with van der Waals surface area (Å²) in [4.78, 5) is 17.4. The molecule has 178 valence electrons. The number of carbonyl (C=O) groups is 1. The first-order chi connectivity index (χ1) is 15.9. The summed E-state index contributed by atoms with van der Waals surface area (Å²) >= 11 is 5.83. The van der Waals surface area contributed by atoms with Gasteiger partial charge >= 0.3 is 12.1 Å². The number of fused-ring (bicyclic) bond motifs is 1. The van der Waals surface area contributed by atoms with Crippen LogP contribution in [0.25, 0.3) is 10.8 Å². The van der Waals surface area contributed by atoms with Crippen molar-refractivity contribution in [2.75, 3.05) is 11.9 Å². The van der Waals surface area contributed by atoms with Gasteiger partial charge in [-0.2, -0.15) is 18.4 Å². The number of nitriles is 1. The number of aromatic nitrogens is 2. The lowest BCUT2D eigenvalue weighted by atomic mass is 9.99. The SMILES string of the molecule is CC1(C)CC1(C#N)COc1ccc2c(Nc3ccc(Cl)nc3)nccc2c1.O=C(O)C(F)(F)F. The van der Waals surface area contributed by atoms with E-state index in [2.05, 4.69) is 35.2 Å². The second-order valence-electron chi connectivity index (χ2n) is 8.38. The third kappa shape index (κ3) is 5.66. The van der Waals surface area contributed by atoms with Gasteiger partial charge in [0.1, 0.15) is 23.3 Å². The molecule has 1 fully saturated rings. The van der Waals surface area contributed by atoms with Gasteiger partial charge in [0.25, 0.3) is 0 Å². The summed E-state index contributed by atoms with van der Waals surface area (Å²) in [5.41, 5.74) is 0.451. The highest BCUT2D eigenvalue weighted by molar-refractivity contribution is 6.29. The number of alkyl halides is 3. The van der Waals surface area contributed by atoms with E-state index in [0.717, 1.165) is 34.4 Å². The number of hydrogen-bond donors (Lipinski definition) is 2. The molecule has 0 aliphatic heterocycles. The smallest absolute Gasteiger partial charge is 0.490 e. The van der Waals surface area contributed by atoms with E-state index in [9.17, 15) is 18.4 Å². The van der Waals surface area contributed by atoms with Crippen molar-refractivity contribution in [3.05, 3.63) is 53.9 Å². The van der Waals surface area contributed by atoms with Gasteiger partial charge in [-0.05, 0) is 53.6 Å². The van der Waals surface area contributed by atoms with Gasteiger partial charge in [-0.3, -0.25) is 0 Å². The van der Waals surface area contributed by atoms with E-state index in [-0.39, 0.29) is 10.8 Å². The highest BCUT2D eigenvalue weighted by Gasteiger charge is 2.62. The summed E-state index contributed by atoms with van der Waals surface area (Å²) in [6, 6.07) is 13.8. The van der Waals surface area contributed by atoms with Crippen LogP contribution in [-0.2, 0) is 4.79 Å². The zero-order valence-corrected chi connectivity index (χ0v) is 18.9. The number of aliphatic carboxylic acids is 1. The summed E-state index contributed by atoms with van der Waals surface area (Å²) in [5, 5.41) is 22.3. The predicted octanol–water partition coefficient (Wildman–Crippen LogP) is 5.98. The number of hydrogen-bond acceptors (Lipinski definition) is 6. The quantitative estimate of drug-likeness (QED) is 0.422. The number of rotatable bonds is 5. The van der Waals surface area contributed by atoms with E-state index in [1.54, 1.807) is 18.5 Å². The number of carboxylic acids is 1. The maximum atomic E-state index is 10.6. The Morgan fingerprint density at radius 3 is 2.47 bits per heavy atom. The first-order valence-corrected chi connectivity index (χ1v) is 10.4. The molecule has 1 aliphatic carbocycles. The molecule has 0 spiro atoms. The number of benzene rings is 1. The minimum Gasteiger partial charge on any atom is -0.492 e. The maximum absolute atomic E-state index is 10.6. The van der Waals surface area contributed by atoms with E-state index in [0.29, 0.717) is 11.8 Å². The van der Waals surface area contributed by atoms with Crippen LogP contribution in [-0.4, -0.2) is 33.8 Å². The Balaban J connectivity index is 0.000000406. The minimum atomic E-state index is -5.08. The zero-order valence-electron chi connectivity index (χ0n) is 18.2. The number of nitrogens with zero attached hydrogens (tertiary/aromatic N) is 3. The van der Waals surface area contributed by atoms with Crippen molar-refractivity contribution in [3.8, 4) is 11.8 Å². The van der Waals surface area contributed by atoms with Gasteiger partial charge in [0, 0.05) is 11.6 Å². The lowest BCUT2D eigenvalue weighted by Gasteiger charge is -2.14. The average Bonchev–Trinajstić information content (AvgIpc) is 3.34. The normalized spacial score (nSPS) is 18.3. The molecule has 2 heterocycles. The van der Waals surface area contributed by atoms with Crippen LogP contribution in [0.5, 0.6) is 5.75 Å². The minimum absolute atomic E-state index is 0.0201. The van der Waals surface area contributed by atoms with Crippen LogP contribution < -0.4 is 10.1 Å². The molecule has 1 aliphatic rings. The first kappa shape index (κ1) is 25.1. The number of carboxylic acid groups (broad SMARTS) is 1. The van der Waals surface area contributed by atoms with Gasteiger partial charge in [0.15, 0.2) is 0 Å². The highest BCUT2D eigenvalue weighted by atomic mass is 35.5. The molecule has 7 nitrogen and oxygen atoms in total. The Labute approximate surface area is 198 Å². The molecule has 1 unspecified atom stereocenters. The van der Waals surface area contributed by atoms with Gasteiger partial charge in [-0.15, -0.1) is 0 Å². The number of ether oxygens (including phenoxy) is 1. The summed E-state index contributed by atoms with van der Waals surface area (Å²) < 4.78 is 37.7. The van der Waals surface area contributed by atoms with Crippen LogP contribution in [0.3, 0.4) is 0 Å². The van der Waals surface area contributed by atoms with Crippen molar-refractivity contribution < 1.29 is 27.8 Å². The van der Waals surface area contributed by atoms with E-state index in [4.69, 9.17) is 26.2 Å². The van der Waals surface area contributed by atoms with Crippen molar-refractivity contribution in [1.82, 2.24) is 9.97 Å². The van der Waals surface area contributed by atoms with Gasteiger partial charge < -0.3 is 15.2 Å². The second kappa shape index (κ2) is 9.35. The Bertz CT molecular complexity index is 1240. The molecule has 0 bridgehead atoms. The lowest BCUT2D eigenvalue weighted by Crippen LogP contribution is -2.21. The standard InChI is InChI=1S/C21H19ClN4O.C2HF3O2/c1-20(2)11-21(20,12-23)13-27-16-4-5-17-14(9-16)7-8-24-19(17)26-15-3-6-18(22)25-10-15;3-2(4,5)1(6)7/h3-10H,11,13H2,1-2H3,(H,24,26);(H,6,7). The zero-order chi connectivity index (χ0) is 25.1. The molecule has 2 aromatic heterocycles. The van der Waals surface area contributed by atoms with Crippen LogP contribution in [0.15, 0.2) is 48.8 Å². The second-order valence-corrected chi connectivity index (χ2v) is 8.77. The molecule has 0 amide bonds.